The molecule has 0 aliphatic carbocycles. The fourth-order valence-electron chi connectivity index (χ4n) is 2.02. The summed E-state index contributed by atoms with van der Waals surface area (Å²) in [5.74, 6) is -1.76. The highest BCUT2D eigenvalue weighted by atomic mass is 16.5. The van der Waals surface area contributed by atoms with Crippen molar-refractivity contribution in [2.24, 2.45) is 0 Å². The number of hydrogen-bond acceptors (Lipinski definition) is 3. The molecule has 0 spiro atoms. The largest absolute Gasteiger partial charge is 0.478 e. The third-order valence-corrected chi connectivity index (χ3v) is 3.02. The van der Waals surface area contributed by atoms with Crippen molar-refractivity contribution >= 4 is 11.9 Å². The summed E-state index contributed by atoms with van der Waals surface area (Å²) in [6, 6.07) is 11.2. The van der Waals surface area contributed by atoms with Crippen LogP contribution in [0.5, 0.6) is 11.5 Å². The Bertz CT molecular complexity index is 706. The average Bonchev–Trinajstić information content (AvgIpc) is 2.49. The first-order valence-electron chi connectivity index (χ1n) is 6.54. The molecule has 0 amide bonds. The molecule has 2 radical (unpaired) electrons. The molecule has 22 heavy (non-hydrogen) atoms. The molecule has 0 saturated carbocycles. The number of rotatable bonds is 6. The second kappa shape index (κ2) is 6.76. The maximum absolute atomic E-state index is 11.2. The molecule has 2 rings (SSSR count). The molecule has 2 N–H and O–H groups in total. The van der Waals surface area contributed by atoms with E-state index in [0.717, 1.165) is 5.56 Å². The lowest BCUT2D eigenvalue weighted by molar-refractivity contribution is 0.0651. The van der Waals surface area contributed by atoms with Gasteiger partial charge in [0.2, 0.25) is 0 Å². The van der Waals surface area contributed by atoms with E-state index in [-0.39, 0.29) is 16.9 Å². The quantitative estimate of drug-likeness (QED) is 0.852. The molecule has 0 aliphatic heterocycles. The molecule has 0 bridgehead atoms. The summed E-state index contributed by atoms with van der Waals surface area (Å²) in [4.78, 5) is 22.2. The van der Waals surface area contributed by atoms with Crippen molar-refractivity contribution in [1.82, 2.24) is 0 Å². The first kappa shape index (κ1) is 15.6. The van der Waals surface area contributed by atoms with Crippen molar-refractivity contribution in [3.8, 4) is 11.5 Å². The molecule has 112 valence electrons. The van der Waals surface area contributed by atoms with E-state index in [1.165, 1.54) is 18.2 Å². The molecular formula is C17H14O5. The number of carboxylic acid groups (broad SMARTS) is 2. The zero-order chi connectivity index (χ0) is 16.1. The van der Waals surface area contributed by atoms with Crippen molar-refractivity contribution in [2.75, 3.05) is 0 Å². The number of benzene rings is 2. The summed E-state index contributed by atoms with van der Waals surface area (Å²) in [6.07, 6.45) is 3.60. The van der Waals surface area contributed by atoms with Crippen LogP contribution in [0.3, 0.4) is 0 Å². The lowest BCUT2D eigenvalue weighted by Gasteiger charge is -2.11. The molecule has 2 aromatic carbocycles. The van der Waals surface area contributed by atoms with Gasteiger partial charge in [0.15, 0.2) is 0 Å². The predicted octanol–water partition coefficient (Wildman–Crippen LogP) is 3.52. The van der Waals surface area contributed by atoms with Crippen LogP contribution in [0.4, 0.5) is 0 Å². The number of aromatic carboxylic acids is 2. The normalized spacial score (nSPS) is 10.2. The minimum atomic E-state index is -1.31. The minimum Gasteiger partial charge on any atom is -0.478 e. The molecule has 0 unspecified atom stereocenters. The summed E-state index contributed by atoms with van der Waals surface area (Å²) in [7, 11) is 0. The molecule has 5 heteroatoms. The van der Waals surface area contributed by atoms with E-state index < -0.39 is 11.9 Å². The van der Waals surface area contributed by atoms with Crippen LogP contribution in [0.1, 0.15) is 33.2 Å². The Kier molecular flexibility index (Phi) is 4.78. The van der Waals surface area contributed by atoms with Crippen molar-refractivity contribution in [1.29, 1.82) is 0 Å². The van der Waals surface area contributed by atoms with Gasteiger partial charge in [-0.05, 0) is 42.7 Å². The summed E-state index contributed by atoms with van der Waals surface area (Å²) in [5.41, 5.74) is 0.323. The van der Waals surface area contributed by atoms with Gasteiger partial charge in [0, 0.05) is 0 Å². The van der Waals surface area contributed by atoms with Crippen LogP contribution in [0.2, 0.25) is 0 Å². The number of carbonyl (C=O) groups is 2. The Labute approximate surface area is 127 Å². The highest BCUT2D eigenvalue weighted by Gasteiger charge is 2.17. The van der Waals surface area contributed by atoms with Crippen LogP contribution in [-0.2, 0) is 6.42 Å². The fourth-order valence-corrected chi connectivity index (χ4v) is 2.02. The zero-order valence-corrected chi connectivity index (χ0v) is 11.9. The molecule has 5 nitrogen and oxygen atoms in total. The third kappa shape index (κ3) is 3.44. The first-order valence-corrected chi connectivity index (χ1v) is 6.54. The van der Waals surface area contributed by atoms with E-state index in [1.54, 1.807) is 19.1 Å². The molecule has 0 fully saturated rings. The Morgan fingerprint density at radius 3 is 2.36 bits per heavy atom. The van der Waals surface area contributed by atoms with E-state index >= 15 is 0 Å². The third-order valence-electron chi connectivity index (χ3n) is 3.02. The van der Waals surface area contributed by atoms with Crippen LogP contribution >= 0.6 is 0 Å². The topological polar surface area (TPSA) is 83.8 Å². The summed E-state index contributed by atoms with van der Waals surface area (Å²) in [5, 5.41) is 18.1. The standard InChI is InChI=1S/C17H14O5/c1-2-5-11-6-3-4-7-15(11)22-12-8-9-13(16(18)19)14(10-12)17(20)21/h3-4,6-10H,5H2,1H3,(H,18,19)(H,20,21). The first-order chi connectivity index (χ1) is 10.5. The van der Waals surface area contributed by atoms with Gasteiger partial charge < -0.3 is 14.9 Å². The Morgan fingerprint density at radius 1 is 1.05 bits per heavy atom. The van der Waals surface area contributed by atoms with Crippen molar-refractivity contribution in [2.45, 2.75) is 13.3 Å². The number of para-hydroxylation sites is 1. The number of ether oxygens (including phenoxy) is 1. The monoisotopic (exact) mass is 298 g/mol. The molecule has 0 heterocycles. The maximum atomic E-state index is 11.2. The van der Waals surface area contributed by atoms with Gasteiger partial charge in [-0.2, -0.15) is 0 Å². The van der Waals surface area contributed by atoms with Crippen LogP contribution in [0, 0.1) is 6.42 Å². The second-order valence-corrected chi connectivity index (χ2v) is 4.56. The highest BCUT2D eigenvalue weighted by Crippen LogP contribution is 2.28. The maximum Gasteiger partial charge on any atom is 0.336 e. The van der Waals surface area contributed by atoms with E-state index in [2.05, 4.69) is 6.42 Å². The molecular weight excluding hydrogens is 284 g/mol. The van der Waals surface area contributed by atoms with Gasteiger partial charge in [0.05, 0.1) is 11.1 Å². The predicted molar refractivity (Wildman–Crippen MR) is 79.5 cm³/mol. The minimum absolute atomic E-state index is 0.269. The molecule has 0 aliphatic rings. The highest BCUT2D eigenvalue weighted by molar-refractivity contribution is 6.02. The SMILES string of the molecule is C[C]Cc1ccccc1Oc1ccc(C(=O)O)c(C(=O)O)c1. The van der Waals surface area contributed by atoms with E-state index in [9.17, 15) is 9.59 Å². The van der Waals surface area contributed by atoms with Crippen LogP contribution in [0.25, 0.3) is 0 Å². The van der Waals surface area contributed by atoms with Gasteiger partial charge in [-0.15, -0.1) is 0 Å². The lowest BCUT2D eigenvalue weighted by atomic mass is 10.1. The molecule has 0 aromatic heterocycles. The fraction of sp³-hybridized carbons (Fsp3) is 0.118. The van der Waals surface area contributed by atoms with Crippen LogP contribution < -0.4 is 4.74 Å². The van der Waals surface area contributed by atoms with Gasteiger partial charge in [0.1, 0.15) is 11.5 Å². The lowest BCUT2D eigenvalue weighted by Crippen LogP contribution is -2.08. The summed E-state index contributed by atoms with van der Waals surface area (Å²) < 4.78 is 5.69. The van der Waals surface area contributed by atoms with E-state index in [0.29, 0.717) is 12.2 Å². The van der Waals surface area contributed by atoms with Crippen LogP contribution in [-0.4, -0.2) is 22.2 Å². The summed E-state index contributed by atoms with van der Waals surface area (Å²) >= 11 is 0. The van der Waals surface area contributed by atoms with Gasteiger partial charge >= 0.3 is 11.9 Å². The smallest absolute Gasteiger partial charge is 0.336 e. The second-order valence-electron chi connectivity index (χ2n) is 4.56. The van der Waals surface area contributed by atoms with Gasteiger partial charge in [-0.25, -0.2) is 9.59 Å². The summed E-state index contributed by atoms with van der Waals surface area (Å²) in [6.45, 7) is 1.81. The van der Waals surface area contributed by atoms with Crippen molar-refractivity contribution in [3.05, 3.63) is 65.6 Å². The number of hydrogen-bond donors (Lipinski definition) is 2. The van der Waals surface area contributed by atoms with Gasteiger partial charge in [-0.3, -0.25) is 0 Å². The zero-order valence-electron chi connectivity index (χ0n) is 11.9. The van der Waals surface area contributed by atoms with E-state index in [1.807, 2.05) is 12.1 Å². The molecule has 0 atom stereocenters. The Balaban J connectivity index is 2.37. The van der Waals surface area contributed by atoms with Crippen molar-refractivity contribution in [3.63, 3.8) is 0 Å². The van der Waals surface area contributed by atoms with Crippen molar-refractivity contribution < 1.29 is 24.5 Å². The van der Waals surface area contributed by atoms with Gasteiger partial charge in [0.25, 0.3) is 0 Å². The molecule has 0 saturated heterocycles. The van der Waals surface area contributed by atoms with E-state index in [4.69, 9.17) is 14.9 Å². The average molecular weight is 298 g/mol. The molecule has 2 aromatic rings. The van der Waals surface area contributed by atoms with Crippen LogP contribution in [0.15, 0.2) is 42.5 Å². The Hall–Kier alpha value is -2.82. The Morgan fingerprint density at radius 2 is 1.73 bits per heavy atom. The van der Waals surface area contributed by atoms with Gasteiger partial charge in [-0.1, -0.05) is 25.1 Å². The number of carboxylic acids is 2.